The molecule has 1 atom stereocenters. The zero-order chi connectivity index (χ0) is 4.78. The maximum absolute atomic E-state index is 4.99. The second kappa shape index (κ2) is 0.784. The topological polar surface area (TPSA) is 12.5 Å². The Labute approximate surface area is 38.3 Å². The first-order chi connectivity index (χ1) is 2.63. The van der Waals surface area contributed by atoms with E-state index in [0.717, 1.165) is 0 Å². The van der Waals surface area contributed by atoms with E-state index in [-0.39, 0.29) is 11.7 Å². The first kappa shape index (κ1) is 4.13. The highest BCUT2D eigenvalue weighted by atomic mass is 16.6. The molecule has 0 bridgehead atoms. The van der Waals surface area contributed by atoms with Gasteiger partial charge in [0.15, 0.2) is 0 Å². The lowest BCUT2D eigenvalue weighted by Gasteiger charge is -1.84. The molecule has 0 aliphatic carbocycles. The van der Waals surface area contributed by atoms with Gasteiger partial charge in [0, 0.05) is 0 Å². The van der Waals surface area contributed by atoms with Crippen molar-refractivity contribution in [1.82, 2.24) is 0 Å². The average molecular weight is 85.1 g/mol. The van der Waals surface area contributed by atoms with Crippen LogP contribution >= 0.6 is 0 Å². The second-order valence-corrected chi connectivity index (χ2v) is 2.21. The molecule has 1 radical (unpaired) electrons. The standard InChI is InChI=1S/C5H9O/c1-4-5(2,3)6-4/h4H,1H2,2-3H3. The van der Waals surface area contributed by atoms with Crippen molar-refractivity contribution in [2.24, 2.45) is 0 Å². The number of hydrogen-bond acceptors (Lipinski definition) is 1. The summed E-state index contributed by atoms with van der Waals surface area (Å²) in [5.74, 6) is 0. The number of epoxide rings is 1. The number of rotatable bonds is 0. The van der Waals surface area contributed by atoms with Gasteiger partial charge in [0.05, 0.1) is 11.7 Å². The van der Waals surface area contributed by atoms with Gasteiger partial charge in [0.2, 0.25) is 0 Å². The van der Waals surface area contributed by atoms with Gasteiger partial charge in [-0.3, -0.25) is 0 Å². The van der Waals surface area contributed by atoms with Crippen LogP contribution in [0.25, 0.3) is 0 Å². The molecule has 0 aromatic rings. The Balaban J connectivity index is 2.41. The van der Waals surface area contributed by atoms with Crippen LogP contribution in [0.3, 0.4) is 0 Å². The van der Waals surface area contributed by atoms with Gasteiger partial charge in [0.25, 0.3) is 0 Å². The van der Waals surface area contributed by atoms with E-state index in [4.69, 9.17) is 4.74 Å². The molecule has 0 aromatic carbocycles. The molecular formula is C5H9O. The van der Waals surface area contributed by atoms with Crippen molar-refractivity contribution in [2.75, 3.05) is 0 Å². The summed E-state index contributed by atoms with van der Waals surface area (Å²) in [5, 5.41) is 0. The van der Waals surface area contributed by atoms with Crippen molar-refractivity contribution in [3.05, 3.63) is 6.92 Å². The first-order valence-electron chi connectivity index (χ1n) is 2.14. The van der Waals surface area contributed by atoms with Crippen molar-refractivity contribution in [3.63, 3.8) is 0 Å². The maximum atomic E-state index is 4.99. The molecule has 1 unspecified atom stereocenters. The van der Waals surface area contributed by atoms with Crippen LogP contribution in [0.4, 0.5) is 0 Å². The molecule has 1 nitrogen and oxygen atoms in total. The SMILES string of the molecule is [CH2]C1OC1(C)C. The fourth-order valence-electron chi connectivity index (χ4n) is 0.333. The third kappa shape index (κ3) is 0.432. The Hall–Kier alpha value is -0.0400. The molecule has 1 saturated heterocycles. The molecule has 35 valence electrons. The number of ether oxygens (including phenoxy) is 1. The van der Waals surface area contributed by atoms with Gasteiger partial charge < -0.3 is 4.74 Å². The van der Waals surface area contributed by atoms with Gasteiger partial charge in [0.1, 0.15) is 0 Å². The van der Waals surface area contributed by atoms with Crippen LogP contribution in [-0.2, 0) is 4.74 Å². The van der Waals surface area contributed by atoms with Gasteiger partial charge in [-0.2, -0.15) is 0 Å². The van der Waals surface area contributed by atoms with Crippen LogP contribution in [0.15, 0.2) is 0 Å². The minimum Gasteiger partial charge on any atom is -0.367 e. The summed E-state index contributed by atoms with van der Waals surface area (Å²) in [6, 6.07) is 0. The molecule has 1 aliphatic heterocycles. The monoisotopic (exact) mass is 85.1 g/mol. The van der Waals surface area contributed by atoms with Gasteiger partial charge in [-0.15, -0.1) is 0 Å². The van der Waals surface area contributed by atoms with Crippen molar-refractivity contribution in [3.8, 4) is 0 Å². The van der Waals surface area contributed by atoms with E-state index >= 15 is 0 Å². The van der Waals surface area contributed by atoms with E-state index < -0.39 is 0 Å². The van der Waals surface area contributed by atoms with E-state index in [1.807, 2.05) is 13.8 Å². The van der Waals surface area contributed by atoms with Crippen molar-refractivity contribution in [2.45, 2.75) is 25.6 Å². The lowest BCUT2D eigenvalue weighted by molar-refractivity contribution is 0.333. The molecule has 1 rings (SSSR count). The van der Waals surface area contributed by atoms with Crippen molar-refractivity contribution >= 4 is 0 Å². The lowest BCUT2D eigenvalue weighted by atomic mass is 10.2. The van der Waals surface area contributed by atoms with E-state index in [2.05, 4.69) is 6.92 Å². The van der Waals surface area contributed by atoms with E-state index in [1.54, 1.807) is 0 Å². The first-order valence-corrected chi connectivity index (χ1v) is 2.14. The highest BCUT2D eigenvalue weighted by molar-refractivity contribution is 4.96. The Morgan fingerprint density at radius 3 is 1.83 bits per heavy atom. The van der Waals surface area contributed by atoms with Gasteiger partial charge in [-0.05, 0) is 20.8 Å². The van der Waals surface area contributed by atoms with Crippen LogP contribution in [0.1, 0.15) is 13.8 Å². The molecule has 6 heavy (non-hydrogen) atoms. The fraction of sp³-hybridized carbons (Fsp3) is 0.800. The van der Waals surface area contributed by atoms with Crippen LogP contribution in [-0.4, -0.2) is 11.7 Å². The van der Waals surface area contributed by atoms with Crippen LogP contribution in [0.5, 0.6) is 0 Å². The zero-order valence-electron chi connectivity index (χ0n) is 4.19. The van der Waals surface area contributed by atoms with Crippen LogP contribution in [0.2, 0.25) is 0 Å². The predicted molar refractivity (Wildman–Crippen MR) is 24.3 cm³/mol. The van der Waals surface area contributed by atoms with Gasteiger partial charge in [-0.1, -0.05) is 0 Å². The van der Waals surface area contributed by atoms with Crippen molar-refractivity contribution < 1.29 is 4.74 Å². The van der Waals surface area contributed by atoms with E-state index in [9.17, 15) is 0 Å². The minimum absolute atomic E-state index is 0.0972. The van der Waals surface area contributed by atoms with Crippen LogP contribution < -0.4 is 0 Å². The second-order valence-electron chi connectivity index (χ2n) is 2.21. The largest absolute Gasteiger partial charge is 0.367 e. The average Bonchev–Trinajstić information content (AvgIpc) is 1.73. The summed E-state index contributed by atoms with van der Waals surface area (Å²) >= 11 is 0. The summed E-state index contributed by atoms with van der Waals surface area (Å²) in [4.78, 5) is 0. The van der Waals surface area contributed by atoms with E-state index in [1.165, 1.54) is 0 Å². The Morgan fingerprint density at radius 1 is 1.67 bits per heavy atom. The molecule has 1 heterocycles. The molecule has 0 N–H and O–H groups in total. The fourth-order valence-corrected chi connectivity index (χ4v) is 0.333. The molecule has 0 aromatic heterocycles. The zero-order valence-corrected chi connectivity index (χ0v) is 4.19. The Morgan fingerprint density at radius 2 is 1.83 bits per heavy atom. The summed E-state index contributed by atoms with van der Waals surface area (Å²) in [6.07, 6.45) is 0.248. The molecule has 1 heteroatoms. The third-order valence-corrected chi connectivity index (χ3v) is 1.16. The highest BCUT2D eigenvalue weighted by Gasteiger charge is 2.43. The number of hydrogen-bond donors (Lipinski definition) is 0. The van der Waals surface area contributed by atoms with Crippen LogP contribution in [0, 0.1) is 6.92 Å². The normalized spacial score (nSPS) is 39.5. The lowest BCUT2D eigenvalue weighted by Crippen LogP contribution is -1.97. The smallest absolute Gasteiger partial charge is 0.0892 e. The van der Waals surface area contributed by atoms with Gasteiger partial charge in [-0.25, -0.2) is 0 Å². The maximum Gasteiger partial charge on any atom is 0.0892 e. The molecular weight excluding hydrogens is 76.1 g/mol. The minimum atomic E-state index is 0.0972. The summed E-state index contributed by atoms with van der Waals surface area (Å²) in [7, 11) is 0. The molecule has 1 aliphatic rings. The highest BCUT2D eigenvalue weighted by Crippen LogP contribution is 2.33. The predicted octanol–water partition coefficient (Wildman–Crippen LogP) is 0.998. The summed E-state index contributed by atoms with van der Waals surface area (Å²) in [5.41, 5.74) is 0.0972. The van der Waals surface area contributed by atoms with E-state index in [0.29, 0.717) is 0 Å². The third-order valence-electron chi connectivity index (χ3n) is 1.16. The summed E-state index contributed by atoms with van der Waals surface area (Å²) in [6.45, 7) is 7.75. The summed E-state index contributed by atoms with van der Waals surface area (Å²) < 4.78 is 4.99. The molecule has 0 spiro atoms. The Kier molecular flexibility index (Phi) is 0.539. The molecule has 0 amide bonds. The van der Waals surface area contributed by atoms with Crippen molar-refractivity contribution in [1.29, 1.82) is 0 Å². The van der Waals surface area contributed by atoms with Gasteiger partial charge >= 0.3 is 0 Å². The Bertz CT molecular complexity index is 66.3. The quantitative estimate of drug-likeness (QED) is 0.400. The molecule has 0 saturated carbocycles. The molecule has 1 fully saturated rings.